The number of hydrogen-bond acceptors (Lipinski definition) is 3. The Balaban J connectivity index is 1.53. The van der Waals surface area contributed by atoms with Gasteiger partial charge in [-0.05, 0) is 50.3 Å². The zero-order valence-corrected chi connectivity index (χ0v) is 15.1. The molecule has 4 nitrogen and oxygen atoms in total. The lowest BCUT2D eigenvalue weighted by atomic mass is 9.85. The number of halogens is 1. The number of rotatable bonds is 3. The number of carbonyl (C=O) groups is 1. The third-order valence-corrected chi connectivity index (χ3v) is 6.24. The van der Waals surface area contributed by atoms with Crippen molar-refractivity contribution in [2.45, 2.75) is 38.8 Å². The molecular formula is C19H24ClN3O. The van der Waals surface area contributed by atoms with E-state index < -0.39 is 5.54 Å². The van der Waals surface area contributed by atoms with Crippen LogP contribution >= 0.6 is 11.6 Å². The third kappa shape index (κ3) is 2.39. The summed E-state index contributed by atoms with van der Waals surface area (Å²) in [4.78, 5) is 22.2. The van der Waals surface area contributed by atoms with Crippen LogP contribution in [0.5, 0.6) is 0 Å². The van der Waals surface area contributed by atoms with Crippen LogP contribution in [-0.4, -0.2) is 46.7 Å². The summed E-state index contributed by atoms with van der Waals surface area (Å²) < 4.78 is 0. The molecule has 1 amide bonds. The first-order valence-corrected chi connectivity index (χ1v) is 9.26. The minimum absolute atomic E-state index is 0.236. The fraction of sp³-hybridized carbons (Fsp3) is 0.579. The number of amidine groups is 1. The standard InChI is InChI=1S/C19H24ClN3O/c1-3-23-13(2)21-19(18(23)24)8-7-15-11-22(12-17(15)19)10-14-5-4-6-16(20)9-14/h4-6,9,15,17H,3,7-8,10-12H2,1-2H3/t15-,17+,19-/m1/s1. The van der Waals surface area contributed by atoms with Crippen molar-refractivity contribution in [2.75, 3.05) is 19.6 Å². The molecule has 2 heterocycles. The van der Waals surface area contributed by atoms with Gasteiger partial charge in [0, 0.05) is 37.1 Å². The summed E-state index contributed by atoms with van der Waals surface area (Å²) in [6.07, 6.45) is 2.02. The molecule has 0 N–H and O–H groups in total. The van der Waals surface area contributed by atoms with E-state index in [1.54, 1.807) is 0 Å². The molecule has 128 valence electrons. The van der Waals surface area contributed by atoms with Gasteiger partial charge in [-0.2, -0.15) is 0 Å². The molecule has 24 heavy (non-hydrogen) atoms. The molecule has 1 aromatic rings. The second kappa shape index (κ2) is 5.85. The predicted molar refractivity (Wildman–Crippen MR) is 96.2 cm³/mol. The van der Waals surface area contributed by atoms with Crippen molar-refractivity contribution < 1.29 is 4.79 Å². The average molecular weight is 346 g/mol. The highest BCUT2D eigenvalue weighted by Gasteiger charge is 2.60. The predicted octanol–water partition coefficient (Wildman–Crippen LogP) is 3.20. The summed E-state index contributed by atoms with van der Waals surface area (Å²) in [6.45, 7) is 7.65. The Kier molecular flexibility index (Phi) is 3.92. The Morgan fingerprint density at radius 3 is 2.92 bits per heavy atom. The van der Waals surface area contributed by atoms with Crippen LogP contribution in [0.15, 0.2) is 29.3 Å². The van der Waals surface area contributed by atoms with Crippen molar-refractivity contribution in [1.82, 2.24) is 9.80 Å². The maximum atomic E-state index is 13.0. The number of fused-ring (bicyclic) bond motifs is 2. The highest BCUT2D eigenvalue weighted by atomic mass is 35.5. The number of hydrogen-bond donors (Lipinski definition) is 0. The fourth-order valence-corrected chi connectivity index (χ4v) is 5.17. The summed E-state index contributed by atoms with van der Waals surface area (Å²) in [5.41, 5.74) is 0.762. The van der Waals surface area contributed by atoms with Crippen LogP contribution in [-0.2, 0) is 11.3 Å². The first-order valence-electron chi connectivity index (χ1n) is 8.88. The van der Waals surface area contributed by atoms with Gasteiger partial charge in [-0.25, -0.2) is 0 Å². The highest BCUT2D eigenvalue weighted by Crippen LogP contribution is 2.50. The zero-order chi connectivity index (χ0) is 16.9. The van der Waals surface area contributed by atoms with Crippen molar-refractivity contribution in [2.24, 2.45) is 16.8 Å². The number of aliphatic imine (C=N–C) groups is 1. The maximum Gasteiger partial charge on any atom is 0.256 e. The molecule has 3 aliphatic rings. The number of nitrogens with zero attached hydrogens (tertiary/aromatic N) is 3. The van der Waals surface area contributed by atoms with Gasteiger partial charge in [-0.1, -0.05) is 23.7 Å². The van der Waals surface area contributed by atoms with Crippen LogP contribution in [0, 0.1) is 11.8 Å². The normalized spacial score (nSPS) is 32.7. The molecule has 0 unspecified atom stereocenters. The lowest BCUT2D eigenvalue weighted by Crippen LogP contribution is -2.46. The SMILES string of the molecule is CCN1C(=O)[C@]2(CC[C@@H]3CN(Cc4cccc(Cl)c4)C[C@@H]32)N=C1C. The Morgan fingerprint density at radius 1 is 1.38 bits per heavy atom. The molecule has 2 fully saturated rings. The van der Waals surface area contributed by atoms with Gasteiger partial charge in [0.2, 0.25) is 0 Å². The monoisotopic (exact) mass is 345 g/mol. The number of likely N-dealkylation sites (N-methyl/N-ethyl adjacent to an activating group) is 1. The van der Waals surface area contributed by atoms with E-state index in [9.17, 15) is 4.79 Å². The lowest BCUT2D eigenvalue weighted by Gasteiger charge is -2.28. The molecule has 1 aromatic carbocycles. The van der Waals surface area contributed by atoms with Crippen molar-refractivity contribution >= 4 is 23.3 Å². The van der Waals surface area contributed by atoms with Crippen LogP contribution in [0.2, 0.25) is 5.02 Å². The summed E-state index contributed by atoms with van der Waals surface area (Å²) in [7, 11) is 0. The first kappa shape index (κ1) is 16.1. The smallest absolute Gasteiger partial charge is 0.256 e. The largest absolute Gasteiger partial charge is 0.299 e. The van der Waals surface area contributed by atoms with E-state index >= 15 is 0 Å². The molecule has 1 saturated heterocycles. The van der Waals surface area contributed by atoms with E-state index in [0.717, 1.165) is 49.9 Å². The van der Waals surface area contributed by atoms with Crippen LogP contribution in [0.3, 0.4) is 0 Å². The third-order valence-electron chi connectivity index (χ3n) is 6.01. The average Bonchev–Trinajstić information content (AvgIpc) is 3.15. The highest BCUT2D eigenvalue weighted by molar-refractivity contribution is 6.30. The van der Waals surface area contributed by atoms with Gasteiger partial charge >= 0.3 is 0 Å². The van der Waals surface area contributed by atoms with E-state index in [4.69, 9.17) is 16.6 Å². The van der Waals surface area contributed by atoms with E-state index in [0.29, 0.717) is 11.8 Å². The second-order valence-corrected chi connectivity index (χ2v) is 7.80. The Morgan fingerprint density at radius 2 is 2.21 bits per heavy atom. The van der Waals surface area contributed by atoms with Gasteiger partial charge < -0.3 is 0 Å². The summed E-state index contributed by atoms with van der Waals surface area (Å²) in [6, 6.07) is 8.07. The van der Waals surface area contributed by atoms with Crippen molar-refractivity contribution in [3.05, 3.63) is 34.9 Å². The molecule has 3 atom stereocenters. The summed E-state index contributed by atoms with van der Waals surface area (Å²) in [5, 5.41) is 0.785. The molecule has 0 aromatic heterocycles. The number of carbonyl (C=O) groups excluding carboxylic acids is 1. The van der Waals surface area contributed by atoms with E-state index in [1.807, 2.05) is 36.9 Å². The number of likely N-dealkylation sites (tertiary alicyclic amines) is 1. The maximum absolute atomic E-state index is 13.0. The quantitative estimate of drug-likeness (QED) is 0.843. The van der Waals surface area contributed by atoms with Crippen molar-refractivity contribution in [3.8, 4) is 0 Å². The first-order chi connectivity index (χ1) is 11.5. The van der Waals surface area contributed by atoms with Gasteiger partial charge in [0.05, 0.1) is 0 Å². The zero-order valence-electron chi connectivity index (χ0n) is 14.3. The number of amides is 1. The summed E-state index contributed by atoms with van der Waals surface area (Å²) in [5.74, 6) is 2.08. The van der Waals surface area contributed by atoms with E-state index in [1.165, 1.54) is 5.56 Å². The minimum atomic E-state index is -0.478. The molecule has 0 bridgehead atoms. The molecule has 2 aliphatic heterocycles. The Labute approximate surface area is 148 Å². The lowest BCUT2D eigenvalue weighted by molar-refractivity contribution is -0.132. The Hall–Kier alpha value is -1.39. The summed E-state index contributed by atoms with van der Waals surface area (Å²) >= 11 is 6.11. The van der Waals surface area contributed by atoms with Crippen LogP contribution in [0.4, 0.5) is 0 Å². The molecule has 4 rings (SSSR count). The van der Waals surface area contributed by atoms with Crippen molar-refractivity contribution in [3.63, 3.8) is 0 Å². The minimum Gasteiger partial charge on any atom is -0.299 e. The van der Waals surface area contributed by atoms with Gasteiger partial charge in [-0.15, -0.1) is 0 Å². The fourth-order valence-electron chi connectivity index (χ4n) is 4.96. The van der Waals surface area contributed by atoms with Crippen LogP contribution < -0.4 is 0 Å². The molecule has 5 heteroatoms. The second-order valence-electron chi connectivity index (χ2n) is 7.36. The van der Waals surface area contributed by atoms with Gasteiger partial charge in [0.25, 0.3) is 5.91 Å². The topological polar surface area (TPSA) is 35.9 Å². The molecule has 1 aliphatic carbocycles. The Bertz CT molecular complexity index is 704. The van der Waals surface area contributed by atoms with Gasteiger partial charge in [0.1, 0.15) is 11.4 Å². The van der Waals surface area contributed by atoms with E-state index in [-0.39, 0.29) is 5.91 Å². The van der Waals surface area contributed by atoms with Crippen molar-refractivity contribution in [1.29, 1.82) is 0 Å². The molecular weight excluding hydrogens is 322 g/mol. The van der Waals surface area contributed by atoms with Crippen LogP contribution in [0.1, 0.15) is 32.3 Å². The van der Waals surface area contributed by atoms with E-state index in [2.05, 4.69) is 11.0 Å². The molecule has 0 radical (unpaired) electrons. The molecule has 1 spiro atoms. The molecule has 1 saturated carbocycles. The van der Waals surface area contributed by atoms with Gasteiger partial charge in [-0.3, -0.25) is 19.6 Å². The number of benzene rings is 1. The van der Waals surface area contributed by atoms with Crippen LogP contribution in [0.25, 0.3) is 0 Å². The van der Waals surface area contributed by atoms with Gasteiger partial charge in [0.15, 0.2) is 0 Å².